The van der Waals surface area contributed by atoms with Gasteiger partial charge in [-0.15, -0.1) is 0 Å². The number of fused-ring (bicyclic) bond motifs is 3. The minimum Gasteiger partial charge on any atom is -0.430 e. The number of ether oxygens (including phenoxy) is 13. The molecule has 510 valence electrons. The molecule has 2 bridgehead atoms. The van der Waals surface area contributed by atoms with Gasteiger partial charge in [0.05, 0.1) is 44.7 Å². The van der Waals surface area contributed by atoms with E-state index in [9.17, 15) is 97.0 Å². The van der Waals surface area contributed by atoms with Crippen LogP contribution in [0.3, 0.4) is 0 Å². The topological polar surface area (TPSA) is 508 Å². The molecule has 6 saturated heterocycles. The van der Waals surface area contributed by atoms with Gasteiger partial charge in [-0.3, -0.25) is 0 Å². The van der Waals surface area contributed by atoms with E-state index >= 15 is 0 Å². The lowest BCUT2D eigenvalue weighted by Gasteiger charge is -2.64. The van der Waals surface area contributed by atoms with Crippen LogP contribution in [0.5, 0.6) is 0 Å². The van der Waals surface area contributed by atoms with E-state index in [1.165, 1.54) is 6.92 Å². The third-order valence-corrected chi connectivity index (χ3v) is 21.7. The molecule has 32 nitrogen and oxygen atoms in total. The lowest BCUT2D eigenvalue weighted by Crippen LogP contribution is -2.68. The summed E-state index contributed by atoms with van der Waals surface area (Å²) in [5.74, 6) is 0.441. The summed E-state index contributed by atoms with van der Waals surface area (Å²) < 4.78 is 79.9. The monoisotopic (exact) mass is 1290 g/mol. The van der Waals surface area contributed by atoms with Gasteiger partial charge in [0.15, 0.2) is 43.3 Å². The van der Waals surface area contributed by atoms with E-state index < -0.39 is 239 Å². The molecule has 7 heterocycles. The molecule has 89 heavy (non-hydrogen) atoms. The highest BCUT2D eigenvalue weighted by Crippen LogP contribution is 2.75. The highest BCUT2D eigenvalue weighted by Gasteiger charge is 2.71. The van der Waals surface area contributed by atoms with Gasteiger partial charge in [-0.1, -0.05) is 26.8 Å². The van der Waals surface area contributed by atoms with E-state index in [4.69, 9.17) is 61.6 Å². The van der Waals surface area contributed by atoms with Crippen LogP contribution >= 0.6 is 0 Å². The molecule has 10 fully saturated rings. The molecule has 1 spiro atoms. The van der Waals surface area contributed by atoms with Crippen LogP contribution in [0, 0.1) is 28.1 Å². The average molecular weight is 1290 g/mol. The average Bonchev–Trinajstić information content (AvgIpc) is 1.59. The van der Waals surface area contributed by atoms with E-state index in [1.54, 1.807) is 0 Å². The van der Waals surface area contributed by atoms with E-state index in [0.29, 0.717) is 56.3 Å². The molecule has 11 aliphatic rings. The molecule has 36 atom stereocenters. The van der Waals surface area contributed by atoms with Gasteiger partial charge in [0.1, 0.15) is 134 Å². The van der Waals surface area contributed by atoms with E-state index in [1.807, 2.05) is 0 Å². The fraction of sp³-hybridized carbons (Fsp3) is 0.930. The number of aliphatic hydroxyl groups is 19. The second-order valence-electron chi connectivity index (χ2n) is 26.8. The third-order valence-electron chi connectivity index (χ3n) is 21.7. The summed E-state index contributed by atoms with van der Waals surface area (Å²) in [6.07, 6.45) is -46.9. The Hall–Kier alpha value is -2.12. The molecule has 7 aliphatic heterocycles. The Morgan fingerprint density at radius 2 is 0.843 bits per heavy atom. The molecule has 11 rings (SSSR count). The number of hydrogen-bond donors (Lipinski definition) is 19. The van der Waals surface area contributed by atoms with Gasteiger partial charge < -0.3 is 159 Å². The zero-order chi connectivity index (χ0) is 64.3. The number of rotatable bonds is 18. The van der Waals surface area contributed by atoms with Crippen molar-refractivity contribution in [1.82, 2.24) is 0 Å². The minimum absolute atomic E-state index is 0.00245. The van der Waals surface area contributed by atoms with Crippen LogP contribution in [0.25, 0.3) is 0 Å². The fourth-order valence-corrected chi connectivity index (χ4v) is 16.8. The van der Waals surface area contributed by atoms with E-state index in [0.717, 1.165) is 12.8 Å². The zero-order valence-corrected chi connectivity index (χ0v) is 49.4. The van der Waals surface area contributed by atoms with Crippen LogP contribution in [-0.2, 0) is 61.6 Å². The van der Waals surface area contributed by atoms with Crippen molar-refractivity contribution in [2.75, 3.05) is 33.0 Å². The highest BCUT2D eigenvalue weighted by molar-refractivity contribution is 5.32. The second-order valence-corrected chi connectivity index (χ2v) is 26.8. The maximum Gasteiger partial charge on any atom is 0.328 e. The Bertz CT molecular complexity index is 2480. The first-order valence-corrected chi connectivity index (χ1v) is 30.7. The summed E-state index contributed by atoms with van der Waals surface area (Å²) in [6, 6.07) is 0. The van der Waals surface area contributed by atoms with Crippen molar-refractivity contribution in [2.24, 2.45) is 28.1 Å². The molecular weight excluding hydrogens is 1200 g/mol. The summed E-state index contributed by atoms with van der Waals surface area (Å²) >= 11 is 0. The molecule has 0 aromatic rings. The smallest absolute Gasteiger partial charge is 0.328 e. The van der Waals surface area contributed by atoms with Crippen LogP contribution in [0.1, 0.15) is 78.6 Å². The fourth-order valence-electron chi connectivity index (χ4n) is 16.8. The van der Waals surface area contributed by atoms with Crippen LogP contribution in [0.2, 0.25) is 0 Å². The van der Waals surface area contributed by atoms with Crippen molar-refractivity contribution in [3.8, 4) is 0 Å². The van der Waals surface area contributed by atoms with Gasteiger partial charge in [-0.25, -0.2) is 0 Å². The number of allylic oxidation sites excluding steroid dienone is 1. The maximum absolute atomic E-state index is 11.9. The molecule has 4 saturated carbocycles. The first kappa shape index (κ1) is 68.3. The van der Waals surface area contributed by atoms with Crippen molar-refractivity contribution < 1.29 is 159 Å². The first-order chi connectivity index (χ1) is 42.1. The molecule has 32 heteroatoms. The van der Waals surface area contributed by atoms with Gasteiger partial charge in [-0.2, -0.15) is 0 Å². The quantitative estimate of drug-likeness (QED) is 0.0448. The summed E-state index contributed by atoms with van der Waals surface area (Å²) in [5, 5.41) is 205. The highest BCUT2D eigenvalue weighted by atomic mass is 16.8. The third kappa shape index (κ3) is 11.8. The lowest BCUT2D eigenvalue weighted by atomic mass is 9.40. The maximum atomic E-state index is 11.9. The molecule has 0 aromatic carbocycles. The van der Waals surface area contributed by atoms with Gasteiger partial charge in [0.25, 0.3) is 0 Å². The Kier molecular flexibility index (Phi) is 20.0. The van der Waals surface area contributed by atoms with Gasteiger partial charge in [-0.05, 0) is 86.5 Å². The summed E-state index contributed by atoms with van der Waals surface area (Å²) in [4.78, 5) is 0. The van der Waals surface area contributed by atoms with Crippen molar-refractivity contribution in [3.63, 3.8) is 0 Å². The van der Waals surface area contributed by atoms with Crippen LogP contribution in [-0.4, -0.2) is 320 Å². The Morgan fingerprint density at radius 3 is 1.33 bits per heavy atom. The van der Waals surface area contributed by atoms with Crippen molar-refractivity contribution >= 4 is 0 Å². The molecule has 19 N–H and O–H groups in total. The van der Waals surface area contributed by atoms with E-state index in [-0.39, 0.29) is 17.8 Å². The standard InChI is InChI=1S/C57H90O32/c1-19-12-56-10-6-26-54(3,27(56)7-11-57(19,18-56)89-52-45(86-50-41(76)37(72)31(66)23(15-60)80-50)43(33(68)25(17-62)82-52)84-49-40(75)36(71)30(65)22(14-59)79-49)8-5-9-55(26,4)46-53(87-46)88-51-44(85-47-38(73)34(69)28(63)20(2)77-47)42(32(67)24(16-61)81-51)83-48-39(74)35(70)29(64)21(13-58)78-48/h20-45,47-52,58-76H,1,5-18H2,2-4H3/t20?,21?,22?,23?,24?,25?,26?,27-,28?,29?,30?,31?,32?,33?,34?,35?,36?,37?,38?,39?,40?,41?,42?,43?,44?,45?,47?,48?,49?,50?,51?,52?,54+,55+,56+,57-/m0/s1. The zero-order valence-electron chi connectivity index (χ0n) is 49.4. The molecular formula is C57H90O32. The van der Waals surface area contributed by atoms with Crippen molar-refractivity contribution in [1.29, 1.82) is 0 Å². The van der Waals surface area contributed by atoms with Crippen LogP contribution in [0.4, 0.5) is 0 Å². The minimum atomic E-state index is -1.99. The predicted molar refractivity (Wildman–Crippen MR) is 286 cm³/mol. The Labute approximate surface area is 510 Å². The van der Waals surface area contributed by atoms with Crippen molar-refractivity contribution in [2.45, 2.75) is 268 Å². The molecule has 0 amide bonds. The van der Waals surface area contributed by atoms with E-state index in [2.05, 4.69) is 20.4 Å². The lowest BCUT2D eigenvalue weighted by molar-refractivity contribution is -0.400. The second kappa shape index (κ2) is 26.1. The largest absolute Gasteiger partial charge is 0.430 e. The number of aliphatic hydroxyl groups excluding tert-OH is 19. The summed E-state index contributed by atoms with van der Waals surface area (Å²) in [6.45, 7) is 6.15. The Balaban J connectivity index is 0.855. The van der Waals surface area contributed by atoms with Crippen molar-refractivity contribution in [3.05, 3.63) is 23.9 Å². The van der Waals surface area contributed by atoms with Crippen LogP contribution in [0.15, 0.2) is 23.9 Å². The first-order valence-electron chi connectivity index (χ1n) is 30.7. The Morgan fingerprint density at radius 1 is 0.438 bits per heavy atom. The molecule has 31 unspecified atom stereocenters. The van der Waals surface area contributed by atoms with Gasteiger partial charge in [0.2, 0.25) is 6.29 Å². The molecule has 4 aliphatic carbocycles. The predicted octanol–water partition coefficient (Wildman–Crippen LogP) is -7.77. The summed E-state index contributed by atoms with van der Waals surface area (Å²) in [5.41, 5.74) is -2.02. The molecule has 0 aromatic heterocycles. The summed E-state index contributed by atoms with van der Waals surface area (Å²) in [7, 11) is 0. The van der Waals surface area contributed by atoms with Gasteiger partial charge >= 0.3 is 5.95 Å². The number of hydrogen-bond acceptors (Lipinski definition) is 32. The van der Waals surface area contributed by atoms with Gasteiger partial charge in [0, 0.05) is 5.41 Å². The normalized spacial score (nSPS) is 55.1. The molecule has 0 radical (unpaired) electrons. The van der Waals surface area contributed by atoms with Crippen LogP contribution < -0.4 is 0 Å². The SMILES string of the molecule is C=C1C[C@@]23CCC4[C@](C)(C5=C(OC6OC(CO)C(O)C(OC7OC(CO)C(O)C(O)C7O)C6OC6OC(C)C(O)C(O)C6O)O5)CCC[C@@]4(C)[C@@H]2CC[C@]1(OC1OC(CO)C(O)C(OC2OC(CO)C(O)C(O)C2O)C1OC1OC(CO)C(O)C(O)C1O)C3.